The van der Waals surface area contributed by atoms with E-state index >= 15 is 0 Å². The highest BCUT2D eigenvalue weighted by molar-refractivity contribution is 5.46. The van der Waals surface area contributed by atoms with Gasteiger partial charge in [0.25, 0.3) is 0 Å². The Hall–Kier alpha value is -1.42. The summed E-state index contributed by atoms with van der Waals surface area (Å²) in [6.45, 7) is 2.32. The molecule has 2 rings (SSSR count). The van der Waals surface area contributed by atoms with Gasteiger partial charge in [0.05, 0.1) is 6.61 Å². The molecule has 0 aromatic heterocycles. The Morgan fingerprint density at radius 1 is 1.13 bits per heavy atom. The minimum absolute atomic E-state index is 0.538. The van der Waals surface area contributed by atoms with E-state index in [4.69, 9.17) is 18.9 Å². The third-order valence-electron chi connectivity index (χ3n) is 2.07. The molecule has 1 aliphatic heterocycles. The SMILES string of the molecule is COCCOc1ccc2c(c1)OCCO2. The Labute approximate surface area is 88.7 Å². The Bertz CT molecular complexity index is 324. The van der Waals surface area contributed by atoms with Crippen molar-refractivity contribution in [2.24, 2.45) is 0 Å². The highest BCUT2D eigenvalue weighted by Crippen LogP contribution is 2.33. The second-order valence-electron chi connectivity index (χ2n) is 3.15. The van der Waals surface area contributed by atoms with Gasteiger partial charge in [-0.3, -0.25) is 0 Å². The van der Waals surface area contributed by atoms with E-state index < -0.39 is 0 Å². The number of hydrogen-bond donors (Lipinski definition) is 0. The summed E-state index contributed by atoms with van der Waals surface area (Å²) in [5.41, 5.74) is 0. The van der Waals surface area contributed by atoms with Gasteiger partial charge < -0.3 is 18.9 Å². The molecule has 0 amide bonds. The highest BCUT2D eigenvalue weighted by atomic mass is 16.6. The molecule has 82 valence electrons. The summed E-state index contributed by atoms with van der Waals surface area (Å²) < 4.78 is 21.2. The first-order valence-corrected chi connectivity index (χ1v) is 4.91. The van der Waals surface area contributed by atoms with Crippen LogP contribution in [0.25, 0.3) is 0 Å². The molecule has 4 nitrogen and oxygen atoms in total. The highest BCUT2D eigenvalue weighted by Gasteiger charge is 2.11. The third-order valence-corrected chi connectivity index (χ3v) is 2.07. The number of fused-ring (bicyclic) bond motifs is 1. The lowest BCUT2D eigenvalue weighted by Gasteiger charge is -2.18. The fourth-order valence-corrected chi connectivity index (χ4v) is 1.36. The minimum atomic E-state index is 0.538. The molecule has 0 radical (unpaired) electrons. The second-order valence-corrected chi connectivity index (χ2v) is 3.15. The molecule has 0 N–H and O–H groups in total. The molecule has 4 heteroatoms. The van der Waals surface area contributed by atoms with E-state index in [0.717, 1.165) is 17.2 Å². The third kappa shape index (κ3) is 2.53. The van der Waals surface area contributed by atoms with Gasteiger partial charge in [-0.2, -0.15) is 0 Å². The summed E-state index contributed by atoms with van der Waals surface area (Å²) in [6.07, 6.45) is 0. The van der Waals surface area contributed by atoms with Crippen molar-refractivity contribution in [1.82, 2.24) is 0 Å². The predicted octanol–water partition coefficient (Wildman–Crippen LogP) is 1.48. The van der Waals surface area contributed by atoms with Crippen LogP contribution in [0.15, 0.2) is 18.2 Å². The molecule has 0 fully saturated rings. The van der Waals surface area contributed by atoms with Crippen molar-refractivity contribution in [3.8, 4) is 17.2 Å². The summed E-state index contributed by atoms with van der Waals surface area (Å²) in [4.78, 5) is 0. The van der Waals surface area contributed by atoms with Crippen molar-refractivity contribution >= 4 is 0 Å². The maximum atomic E-state index is 5.45. The standard InChI is InChI=1S/C11H14O4/c1-12-4-5-13-9-2-3-10-11(8-9)15-7-6-14-10/h2-3,8H,4-7H2,1H3. The van der Waals surface area contributed by atoms with E-state index in [9.17, 15) is 0 Å². The van der Waals surface area contributed by atoms with Gasteiger partial charge in [-0.05, 0) is 12.1 Å². The van der Waals surface area contributed by atoms with E-state index in [-0.39, 0.29) is 0 Å². The fraction of sp³-hybridized carbons (Fsp3) is 0.455. The van der Waals surface area contributed by atoms with Gasteiger partial charge in [-0.25, -0.2) is 0 Å². The molecule has 1 aromatic rings. The molecule has 1 aromatic carbocycles. The first-order valence-electron chi connectivity index (χ1n) is 4.91. The van der Waals surface area contributed by atoms with Crippen molar-refractivity contribution < 1.29 is 18.9 Å². The van der Waals surface area contributed by atoms with Gasteiger partial charge in [0.2, 0.25) is 0 Å². The molecule has 0 unspecified atom stereocenters. The molecule has 0 aliphatic carbocycles. The van der Waals surface area contributed by atoms with Crippen LogP contribution in [0.1, 0.15) is 0 Å². The van der Waals surface area contributed by atoms with E-state index in [1.807, 2.05) is 18.2 Å². The zero-order valence-electron chi connectivity index (χ0n) is 8.69. The summed E-state index contributed by atoms with van der Waals surface area (Å²) in [7, 11) is 1.65. The van der Waals surface area contributed by atoms with Crippen molar-refractivity contribution in [2.45, 2.75) is 0 Å². The van der Waals surface area contributed by atoms with Crippen LogP contribution in [-0.2, 0) is 4.74 Å². The smallest absolute Gasteiger partial charge is 0.165 e. The average molecular weight is 210 g/mol. The van der Waals surface area contributed by atoms with Crippen LogP contribution < -0.4 is 14.2 Å². The second kappa shape index (κ2) is 4.89. The lowest BCUT2D eigenvalue weighted by molar-refractivity contribution is 0.144. The van der Waals surface area contributed by atoms with Crippen LogP contribution in [0.3, 0.4) is 0 Å². The lowest BCUT2D eigenvalue weighted by Crippen LogP contribution is -2.15. The van der Waals surface area contributed by atoms with Gasteiger partial charge in [-0.15, -0.1) is 0 Å². The van der Waals surface area contributed by atoms with E-state index in [1.54, 1.807) is 7.11 Å². The Kier molecular flexibility index (Phi) is 3.29. The van der Waals surface area contributed by atoms with Crippen LogP contribution in [0.5, 0.6) is 17.2 Å². The van der Waals surface area contributed by atoms with Crippen LogP contribution >= 0.6 is 0 Å². The van der Waals surface area contributed by atoms with Crippen LogP contribution in [0.4, 0.5) is 0 Å². The topological polar surface area (TPSA) is 36.9 Å². The molecule has 0 spiro atoms. The molecule has 1 heterocycles. The molecule has 0 bridgehead atoms. The number of benzene rings is 1. The van der Waals surface area contributed by atoms with Gasteiger partial charge in [-0.1, -0.05) is 0 Å². The van der Waals surface area contributed by atoms with Crippen molar-refractivity contribution in [1.29, 1.82) is 0 Å². The average Bonchev–Trinajstić information content (AvgIpc) is 2.29. The number of methoxy groups -OCH3 is 1. The van der Waals surface area contributed by atoms with Crippen molar-refractivity contribution in [3.05, 3.63) is 18.2 Å². The van der Waals surface area contributed by atoms with Crippen LogP contribution in [-0.4, -0.2) is 33.5 Å². The lowest BCUT2D eigenvalue weighted by atomic mass is 10.3. The number of rotatable bonds is 4. The number of ether oxygens (including phenoxy) is 4. The molecular formula is C11H14O4. The number of hydrogen-bond acceptors (Lipinski definition) is 4. The van der Waals surface area contributed by atoms with E-state index in [1.165, 1.54) is 0 Å². The summed E-state index contributed by atoms with van der Waals surface area (Å²) in [5, 5.41) is 0. The Morgan fingerprint density at radius 2 is 1.93 bits per heavy atom. The van der Waals surface area contributed by atoms with Gasteiger partial charge in [0.1, 0.15) is 25.6 Å². The zero-order chi connectivity index (χ0) is 10.5. The molecule has 0 saturated carbocycles. The van der Waals surface area contributed by atoms with Gasteiger partial charge >= 0.3 is 0 Å². The van der Waals surface area contributed by atoms with Gasteiger partial charge in [0, 0.05) is 13.2 Å². The Balaban J connectivity index is 2.00. The van der Waals surface area contributed by atoms with Gasteiger partial charge in [0.15, 0.2) is 11.5 Å². The first-order chi connectivity index (χ1) is 7.40. The summed E-state index contributed by atoms with van der Waals surface area (Å²) in [5.74, 6) is 2.30. The summed E-state index contributed by atoms with van der Waals surface area (Å²) in [6, 6.07) is 5.56. The summed E-state index contributed by atoms with van der Waals surface area (Å²) >= 11 is 0. The fourth-order valence-electron chi connectivity index (χ4n) is 1.36. The first kappa shape index (κ1) is 10.1. The maximum absolute atomic E-state index is 5.45. The Morgan fingerprint density at radius 3 is 2.73 bits per heavy atom. The quantitative estimate of drug-likeness (QED) is 0.705. The molecule has 0 saturated heterocycles. The normalized spacial score (nSPS) is 13.7. The molecule has 0 atom stereocenters. The van der Waals surface area contributed by atoms with E-state index in [2.05, 4.69) is 0 Å². The molecule has 1 aliphatic rings. The largest absolute Gasteiger partial charge is 0.491 e. The maximum Gasteiger partial charge on any atom is 0.165 e. The predicted molar refractivity (Wildman–Crippen MR) is 54.8 cm³/mol. The van der Waals surface area contributed by atoms with E-state index in [0.29, 0.717) is 26.4 Å². The van der Waals surface area contributed by atoms with Crippen molar-refractivity contribution in [3.63, 3.8) is 0 Å². The van der Waals surface area contributed by atoms with Crippen LogP contribution in [0.2, 0.25) is 0 Å². The minimum Gasteiger partial charge on any atom is -0.491 e. The van der Waals surface area contributed by atoms with Crippen molar-refractivity contribution in [2.75, 3.05) is 33.5 Å². The molecular weight excluding hydrogens is 196 g/mol. The molecule has 15 heavy (non-hydrogen) atoms. The monoisotopic (exact) mass is 210 g/mol. The zero-order valence-corrected chi connectivity index (χ0v) is 8.69. The van der Waals surface area contributed by atoms with Crippen LogP contribution in [0, 0.1) is 0 Å².